The highest BCUT2D eigenvalue weighted by Crippen LogP contribution is 2.29. The maximum Gasteiger partial charge on any atom is 0.342 e. The molecule has 272 valence electrons. The van der Waals surface area contributed by atoms with Crippen LogP contribution in [0.1, 0.15) is 30.5 Å². The highest BCUT2D eigenvalue weighted by atomic mass is 16.7. The van der Waals surface area contributed by atoms with Crippen molar-refractivity contribution in [2.24, 2.45) is 0 Å². The number of rotatable bonds is 14. The average molecular weight is 703 g/mol. The molecule has 0 aromatic heterocycles. The summed E-state index contributed by atoms with van der Waals surface area (Å²) >= 11 is 0. The van der Waals surface area contributed by atoms with Crippen LogP contribution in [0.2, 0.25) is 0 Å². The van der Waals surface area contributed by atoms with Crippen LogP contribution in [0.4, 0.5) is 0 Å². The van der Waals surface area contributed by atoms with E-state index < -0.39 is 85.5 Å². The van der Waals surface area contributed by atoms with Crippen LogP contribution in [-0.4, -0.2) is 119 Å². The quantitative estimate of drug-likeness (QED) is 0.0968. The van der Waals surface area contributed by atoms with Crippen molar-refractivity contribution in [3.63, 3.8) is 0 Å². The number of aliphatic hydroxyl groups excluding tert-OH is 5. The number of aromatic hydroxyl groups is 2. The molecule has 50 heavy (non-hydrogen) atoms. The number of hydrogen-bond acceptors (Lipinski definition) is 15. The minimum absolute atomic E-state index is 0.0549. The first-order valence-corrected chi connectivity index (χ1v) is 15.7. The van der Waals surface area contributed by atoms with Crippen molar-refractivity contribution in [1.29, 1.82) is 0 Å². The lowest BCUT2D eigenvalue weighted by molar-refractivity contribution is -0.277. The first-order valence-electron chi connectivity index (χ1n) is 15.7. The van der Waals surface area contributed by atoms with Crippen LogP contribution >= 0.6 is 0 Å². The second-order valence-corrected chi connectivity index (χ2v) is 12.3. The maximum atomic E-state index is 13.5. The number of aliphatic hydroxyl groups is 7. The number of phenols is 2. The Balaban J connectivity index is 1.48. The molecule has 0 spiro atoms. The SMILES string of the molecule is C[C@H](OC(=O)[C@@](O)(Cc1ccc(O)cc1)[C@H](C)O)[C@@](O)(Cc1ccc(O)cc1)C(=O)OCc1ccc(O[C@@H]2O[C@@H](CO)[C@@H](O)[C@@H](O)[C@H]2O)cc1. The molecule has 0 radical (unpaired) electrons. The van der Waals surface area contributed by atoms with Gasteiger partial charge in [-0.3, -0.25) is 0 Å². The van der Waals surface area contributed by atoms with Crippen molar-refractivity contribution in [3.8, 4) is 17.2 Å². The fourth-order valence-corrected chi connectivity index (χ4v) is 5.22. The van der Waals surface area contributed by atoms with E-state index in [9.17, 15) is 55.5 Å². The molecule has 9 N–H and O–H groups in total. The molecule has 0 unspecified atom stereocenters. The van der Waals surface area contributed by atoms with Crippen LogP contribution in [0.25, 0.3) is 0 Å². The van der Waals surface area contributed by atoms with E-state index in [1.54, 1.807) is 0 Å². The van der Waals surface area contributed by atoms with Gasteiger partial charge >= 0.3 is 11.9 Å². The summed E-state index contributed by atoms with van der Waals surface area (Å²) in [4.78, 5) is 26.9. The molecule has 0 amide bonds. The molecule has 3 aromatic rings. The lowest BCUT2D eigenvalue weighted by Crippen LogP contribution is -2.60. The second-order valence-electron chi connectivity index (χ2n) is 12.3. The molecule has 0 saturated carbocycles. The van der Waals surface area contributed by atoms with Gasteiger partial charge in [-0.25, -0.2) is 9.59 Å². The monoisotopic (exact) mass is 702 g/mol. The summed E-state index contributed by atoms with van der Waals surface area (Å²) in [5, 5.41) is 92.2. The predicted molar refractivity (Wildman–Crippen MR) is 171 cm³/mol. The zero-order valence-corrected chi connectivity index (χ0v) is 27.3. The first-order chi connectivity index (χ1) is 23.6. The maximum absolute atomic E-state index is 13.5. The Morgan fingerprint density at radius 2 is 1.24 bits per heavy atom. The Labute approximate surface area is 287 Å². The number of benzene rings is 3. The van der Waals surface area contributed by atoms with Crippen LogP contribution in [0, 0.1) is 0 Å². The van der Waals surface area contributed by atoms with Crippen molar-refractivity contribution < 1.29 is 74.5 Å². The van der Waals surface area contributed by atoms with Gasteiger partial charge in [-0.2, -0.15) is 0 Å². The third-order valence-electron chi connectivity index (χ3n) is 8.57. The molecule has 1 heterocycles. The van der Waals surface area contributed by atoms with Crippen LogP contribution < -0.4 is 4.74 Å². The van der Waals surface area contributed by atoms with E-state index in [-0.39, 0.29) is 23.9 Å². The fraction of sp³-hybridized carbons (Fsp3) is 0.429. The predicted octanol–water partition coefficient (Wildman–Crippen LogP) is -0.420. The Bertz CT molecular complexity index is 1560. The lowest BCUT2D eigenvalue weighted by Gasteiger charge is -2.39. The van der Waals surface area contributed by atoms with Gasteiger partial charge < -0.3 is 64.9 Å². The molecular formula is C35H42O15. The second kappa shape index (κ2) is 16.1. The van der Waals surface area contributed by atoms with Crippen molar-refractivity contribution in [2.75, 3.05) is 6.61 Å². The van der Waals surface area contributed by atoms with E-state index in [4.69, 9.17) is 18.9 Å². The molecule has 1 fully saturated rings. The summed E-state index contributed by atoms with van der Waals surface area (Å²) in [5.74, 6) is -2.51. The summed E-state index contributed by atoms with van der Waals surface area (Å²) in [6, 6.07) is 16.9. The number of carbonyl (C=O) groups is 2. The van der Waals surface area contributed by atoms with Crippen molar-refractivity contribution in [1.82, 2.24) is 0 Å². The fourth-order valence-electron chi connectivity index (χ4n) is 5.22. The summed E-state index contributed by atoms with van der Waals surface area (Å²) in [6.45, 7) is 1.38. The van der Waals surface area contributed by atoms with Crippen molar-refractivity contribution >= 4 is 11.9 Å². The highest BCUT2D eigenvalue weighted by Gasteiger charge is 2.50. The summed E-state index contributed by atoms with van der Waals surface area (Å²) in [7, 11) is 0. The topological polar surface area (TPSA) is 253 Å². The van der Waals surface area contributed by atoms with Crippen LogP contribution in [0.3, 0.4) is 0 Å². The molecule has 4 rings (SSSR count). The minimum atomic E-state index is -2.53. The van der Waals surface area contributed by atoms with Gasteiger partial charge in [0.15, 0.2) is 5.60 Å². The first kappa shape index (κ1) is 38.5. The van der Waals surface area contributed by atoms with E-state index >= 15 is 0 Å². The van der Waals surface area contributed by atoms with Gasteiger partial charge in [0.1, 0.15) is 54.4 Å². The molecule has 15 heteroatoms. The largest absolute Gasteiger partial charge is 0.508 e. The molecule has 1 aliphatic heterocycles. The summed E-state index contributed by atoms with van der Waals surface area (Å²) < 4.78 is 21.8. The van der Waals surface area contributed by atoms with Gasteiger partial charge in [0.05, 0.1) is 12.7 Å². The number of ether oxygens (including phenoxy) is 4. The highest BCUT2D eigenvalue weighted by molar-refractivity contribution is 5.84. The molecular weight excluding hydrogens is 660 g/mol. The van der Waals surface area contributed by atoms with E-state index in [2.05, 4.69) is 0 Å². The molecule has 15 nitrogen and oxygen atoms in total. The smallest absolute Gasteiger partial charge is 0.342 e. The van der Waals surface area contributed by atoms with Crippen LogP contribution in [0.5, 0.6) is 17.2 Å². The molecule has 0 bridgehead atoms. The summed E-state index contributed by atoms with van der Waals surface area (Å²) in [6.07, 6.45) is -11.6. The Morgan fingerprint density at radius 1 is 0.740 bits per heavy atom. The zero-order chi connectivity index (χ0) is 36.8. The number of esters is 2. The minimum Gasteiger partial charge on any atom is -0.508 e. The van der Waals surface area contributed by atoms with Gasteiger partial charge in [-0.05, 0) is 66.9 Å². The van der Waals surface area contributed by atoms with Gasteiger partial charge in [0.2, 0.25) is 11.9 Å². The normalized spacial score (nSPS) is 24.2. The zero-order valence-electron chi connectivity index (χ0n) is 27.3. The molecule has 3 aromatic carbocycles. The third kappa shape index (κ3) is 8.88. The lowest BCUT2D eigenvalue weighted by atomic mass is 9.87. The standard InChI is InChI=1S/C35H42O15/c1-19(37)34(45,15-21-3-9-24(38)10-4-21)33(44)48-20(2)35(46,16-22-5-11-25(39)12-6-22)32(43)47-18-23-7-13-26(14-8-23)49-31-30(42)29(41)28(40)27(17-36)50-31/h3-14,19-20,27-31,36-42,45-46H,15-18H2,1-2H3/t19-,20-,27-,28+,29+,30+,31+,34+,35-/m0/s1. The van der Waals surface area contributed by atoms with Gasteiger partial charge in [0.25, 0.3) is 0 Å². The number of phenolic OH excluding ortho intramolecular Hbond substituents is 2. The Kier molecular flexibility index (Phi) is 12.4. The summed E-state index contributed by atoms with van der Waals surface area (Å²) in [5.41, 5.74) is -3.90. The van der Waals surface area contributed by atoms with Crippen LogP contribution in [0.15, 0.2) is 72.8 Å². The number of carbonyl (C=O) groups excluding carboxylic acids is 2. The molecule has 0 aliphatic carbocycles. The average Bonchev–Trinajstić information content (AvgIpc) is 3.09. The third-order valence-corrected chi connectivity index (χ3v) is 8.57. The Hall–Kier alpha value is -4.32. The van der Waals surface area contributed by atoms with Crippen molar-refractivity contribution in [3.05, 3.63) is 89.5 Å². The van der Waals surface area contributed by atoms with Gasteiger partial charge in [-0.15, -0.1) is 0 Å². The van der Waals surface area contributed by atoms with Gasteiger partial charge in [-0.1, -0.05) is 36.4 Å². The number of hydrogen-bond donors (Lipinski definition) is 9. The molecule has 1 aliphatic rings. The van der Waals surface area contributed by atoms with Gasteiger partial charge in [0, 0.05) is 12.8 Å². The van der Waals surface area contributed by atoms with E-state index in [1.165, 1.54) is 86.6 Å². The van der Waals surface area contributed by atoms with E-state index in [0.717, 1.165) is 0 Å². The Morgan fingerprint density at radius 3 is 1.74 bits per heavy atom. The van der Waals surface area contributed by atoms with Crippen molar-refractivity contribution in [2.45, 2.75) is 87.4 Å². The van der Waals surface area contributed by atoms with E-state index in [1.807, 2.05) is 0 Å². The van der Waals surface area contributed by atoms with Crippen LogP contribution in [-0.2, 0) is 43.2 Å². The molecule has 1 saturated heterocycles. The molecule has 9 atom stereocenters. The van der Waals surface area contributed by atoms with E-state index in [0.29, 0.717) is 16.7 Å².